The van der Waals surface area contributed by atoms with Crippen LogP contribution in [0.15, 0.2) is 11.2 Å². The van der Waals surface area contributed by atoms with Crippen LogP contribution in [0.25, 0.3) is 0 Å². The number of rotatable bonds is 7. The Morgan fingerprint density at radius 1 is 1.44 bits per heavy atom. The molecule has 0 aliphatic carbocycles. The summed E-state index contributed by atoms with van der Waals surface area (Å²) in [5.74, 6) is 0.221. The second kappa shape index (κ2) is 7.33. The van der Waals surface area contributed by atoms with Crippen molar-refractivity contribution in [3.8, 4) is 0 Å². The molecule has 5 nitrogen and oxygen atoms in total. The highest BCUT2D eigenvalue weighted by Crippen LogP contribution is 2.15. The first-order valence-electron chi connectivity index (χ1n) is 6.00. The lowest BCUT2D eigenvalue weighted by atomic mass is 10.3. The van der Waals surface area contributed by atoms with E-state index in [4.69, 9.17) is 5.73 Å². The van der Waals surface area contributed by atoms with E-state index >= 15 is 0 Å². The minimum atomic E-state index is -0.334. The summed E-state index contributed by atoms with van der Waals surface area (Å²) in [6, 6.07) is 1.59. The molecule has 1 amide bonds. The molecule has 0 bridgehead atoms. The number of aryl methyl sites for hydroxylation is 2. The van der Waals surface area contributed by atoms with Crippen LogP contribution < -0.4 is 11.1 Å². The Morgan fingerprint density at radius 3 is 2.56 bits per heavy atom. The van der Waals surface area contributed by atoms with Gasteiger partial charge in [0.2, 0.25) is 5.91 Å². The summed E-state index contributed by atoms with van der Waals surface area (Å²) in [5.41, 5.74) is 7.21. The molecule has 1 aromatic rings. The van der Waals surface area contributed by atoms with E-state index in [1.165, 1.54) is 11.8 Å². The molecular formula is C12H20N4OS. The molecule has 6 heteroatoms. The maximum atomic E-state index is 11.3. The summed E-state index contributed by atoms with van der Waals surface area (Å²) in [6.07, 6.45) is 0.967. The summed E-state index contributed by atoms with van der Waals surface area (Å²) in [7, 11) is 0. The molecule has 3 N–H and O–H groups in total. The Bertz CT molecular complexity index is 391. The molecule has 0 saturated heterocycles. The van der Waals surface area contributed by atoms with Crippen molar-refractivity contribution in [1.82, 2.24) is 15.3 Å². The number of primary amides is 1. The molecule has 18 heavy (non-hydrogen) atoms. The van der Waals surface area contributed by atoms with Gasteiger partial charge in [0.15, 0.2) is 5.16 Å². The van der Waals surface area contributed by atoms with Crippen LogP contribution in [0.1, 0.15) is 24.7 Å². The zero-order chi connectivity index (χ0) is 13.5. The largest absolute Gasteiger partial charge is 0.368 e. The summed E-state index contributed by atoms with van der Waals surface area (Å²) in [4.78, 5) is 19.9. The normalized spacial score (nSPS) is 12.4. The average Bonchev–Trinajstić information content (AvgIpc) is 2.27. The average molecular weight is 268 g/mol. The molecule has 0 fully saturated rings. The molecule has 0 aliphatic rings. The first kappa shape index (κ1) is 14.9. The number of carbonyl (C=O) groups excluding carboxylic acids is 1. The Labute approximate surface area is 112 Å². The van der Waals surface area contributed by atoms with E-state index in [2.05, 4.69) is 15.3 Å². The third kappa shape index (κ3) is 5.01. The molecular weight excluding hydrogens is 248 g/mol. The molecule has 0 aromatic carbocycles. The van der Waals surface area contributed by atoms with Gasteiger partial charge in [0, 0.05) is 17.1 Å². The monoisotopic (exact) mass is 268 g/mol. The van der Waals surface area contributed by atoms with Crippen LogP contribution in [-0.2, 0) is 4.79 Å². The van der Waals surface area contributed by atoms with E-state index in [1.54, 1.807) is 0 Å². The first-order chi connectivity index (χ1) is 8.52. The van der Waals surface area contributed by atoms with Crippen LogP contribution in [0.3, 0.4) is 0 Å². The third-order valence-electron chi connectivity index (χ3n) is 2.33. The number of nitrogens with two attached hydrogens (primary N) is 1. The molecule has 1 atom stereocenters. The lowest BCUT2D eigenvalue weighted by Gasteiger charge is -2.13. The van der Waals surface area contributed by atoms with Gasteiger partial charge in [-0.15, -0.1) is 0 Å². The van der Waals surface area contributed by atoms with Gasteiger partial charge in [-0.1, -0.05) is 18.7 Å². The molecule has 1 unspecified atom stereocenters. The lowest BCUT2D eigenvalue weighted by molar-refractivity contribution is -0.119. The standard InChI is InChI=1S/C12H20N4OS/c1-4-5-14-10(11(13)17)7-18-12-15-8(2)6-9(3)16-12/h6,10,14H,4-5,7H2,1-3H3,(H2,13,17). The molecule has 1 heterocycles. The number of amides is 1. The summed E-state index contributed by atoms with van der Waals surface area (Å²) < 4.78 is 0. The first-order valence-corrected chi connectivity index (χ1v) is 6.99. The number of hydrogen-bond donors (Lipinski definition) is 2. The van der Waals surface area contributed by atoms with Gasteiger partial charge in [0.1, 0.15) is 0 Å². The second-order valence-electron chi connectivity index (χ2n) is 4.15. The number of hydrogen-bond acceptors (Lipinski definition) is 5. The van der Waals surface area contributed by atoms with Gasteiger partial charge < -0.3 is 11.1 Å². The second-order valence-corrected chi connectivity index (χ2v) is 5.14. The van der Waals surface area contributed by atoms with Crippen molar-refractivity contribution in [3.05, 3.63) is 17.5 Å². The fourth-order valence-corrected chi connectivity index (χ4v) is 2.49. The summed E-state index contributed by atoms with van der Waals surface area (Å²) in [6.45, 7) is 6.69. The van der Waals surface area contributed by atoms with Crippen LogP contribution in [0.4, 0.5) is 0 Å². The van der Waals surface area contributed by atoms with Gasteiger partial charge in [0.25, 0.3) is 0 Å². The number of thioether (sulfide) groups is 1. The fraction of sp³-hybridized carbons (Fsp3) is 0.583. The van der Waals surface area contributed by atoms with E-state index in [0.717, 1.165) is 24.4 Å². The van der Waals surface area contributed by atoms with Gasteiger partial charge >= 0.3 is 0 Å². The van der Waals surface area contributed by atoms with Crippen LogP contribution in [0.5, 0.6) is 0 Å². The highest BCUT2D eigenvalue weighted by atomic mass is 32.2. The number of nitrogens with one attached hydrogen (secondary N) is 1. The van der Waals surface area contributed by atoms with Gasteiger partial charge in [-0.2, -0.15) is 0 Å². The highest BCUT2D eigenvalue weighted by Gasteiger charge is 2.15. The van der Waals surface area contributed by atoms with Gasteiger partial charge in [-0.05, 0) is 32.9 Å². The zero-order valence-corrected chi connectivity index (χ0v) is 11.9. The van der Waals surface area contributed by atoms with Crippen LogP contribution in [-0.4, -0.2) is 34.2 Å². The van der Waals surface area contributed by atoms with Crippen LogP contribution >= 0.6 is 11.8 Å². The van der Waals surface area contributed by atoms with E-state index < -0.39 is 0 Å². The number of nitrogens with zero attached hydrogens (tertiary/aromatic N) is 2. The Balaban J connectivity index is 2.58. The molecule has 0 radical (unpaired) electrons. The van der Waals surface area contributed by atoms with E-state index in [0.29, 0.717) is 10.9 Å². The number of carbonyl (C=O) groups is 1. The predicted molar refractivity (Wildman–Crippen MR) is 73.5 cm³/mol. The van der Waals surface area contributed by atoms with Crippen molar-refractivity contribution in [2.24, 2.45) is 5.73 Å². The number of aromatic nitrogens is 2. The van der Waals surface area contributed by atoms with Gasteiger partial charge in [-0.3, -0.25) is 4.79 Å². The molecule has 0 aliphatic heterocycles. The van der Waals surface area contributed by atoms with Gasteiger partial charge in [-0.25, -0.2) is 9.97 Å². The van der Waals surface area contributed by atoms with Crippen molar-refractivity contribution in [1.29, 1.82) is 0 Å². The molecule has 100 valence electrons. The SMILES string of the molecule is CCCNC(CSc1nc(C)cc(C)n1)C(N)=O. The van der Waals surface area contributed by atoms with Crippen molar-refractivity contribution in [3.63, 3.8) is 0 Å². The minimum absolute atomic E-state index is 0.333. The summed E-state index contributed by atoms with van der Waals surface area (Å²) >= 11 is 1.45. The van der Waals surface area contributed by atoms with Crippen molar-refractivity contribution in [2.75, 3.05) is 12.3 Å². The molecule has 0 saturated carbocycles. The van der Waals surface area contributed by atoms with E-state index in [9.17, 15) is 4.79 Å². The van der Waals surface area contributed by atoms with Crippen LogP contribution in [0, 0.1) is 13.8 Å². The zero-order valence-electron chi connectivity index (χ0n) is 11.1. The fourth-order valence-electron chi connectivity index (χ4n) is 1.48. The quantitative estimate of drug-likeness (QED) is 0.570. The van der Waals surface area contributed by atoms with E-state index in [1.807, 2.05) is 26.8 Å². The van der Waals surface area contributed by atoms with Crippen molar-refractivity contribution < 1.29 is 4.79 Å². The van der Waals surface area contributed by atoms with Crippen molar-refractivity contribution in [2.45, 2.75) is 38.4 Å². The predicted octanol–water partition coefficient (Wildman–Crippen LogP) is 1.04. The topological polar surface area (TPSA) is 80.9 Å². The van der Waals surface area contributed by atoms with Crippen LogP contribution in [0.2, 0.25) is 0 Å². The lowest BCUT2D eigenvalue weighted by Crippen LogP contribution is -2.43. The Hall–Kier alpha value is -1.14. The summed E-state index contributed by atoms with van der Waals surface area (Å²) in [5, 5.41) is 3.81. The minimum Gasteiger partial charge on any atom is -0.368 e. The maximum Gasteiger partial charge on any atom is 0.235 e. The highest BCUT2D eigenvalue weighted by molar-refractivity contribution is 7.99. The maximum absolute atomic E-state index is 11.3. The van der Waals surface area contributed by atoms with E-state index in [-0.39, 0.29) is 11.9 Å². The molecule has 1 aromatic heterocycles. The van der Waals surface area contributed by atoms with Gasteiger partial charge in [0.05, 0.1) is 6.04 Å². The third-order valence-corrected chi connectivity index (χ3v) is 3.27. The molecule has 1 rings (SSSR count). The Morgan fingerprint density at radius 2 is 2.06 bits per heavy atom. The molecule has 0 spiro atoms. The smallest absolute Gasteiger partial charge is 0.235 e. The Kier molecular flexibility index (Phi) is 6.07. The van der Waals surface area contributed by atoms with Crippen molar-refractivity contribution >= 4 is 17.7 Å².